The summed E-state index contributed by atoms with van der Waals surface area (Å²) in [4.78, 5) is 23.8. The molecule has 1 heterocycles. The Kier molecular flexibility index (Phi) is 4.37. The van der Waals surface area contributed by atoms with E-state index >= 15 is 0 Å². The molecule has 4 N–H and O–H groups in total. The minimum absolute atomic E-state index is 0.243. The molecule has 0 unspecified atom stereocenters. The molecule has 0 saturated heterocycles. The molecule has 8 heteroatoms. The van der Waals surface area contributed by atoms with Gasteiger partial charge in [-0.3, -0.25) is 19.8 Å². The Balaban J connectivity index is 1.91. The lowest BCUT2D eigenvalue weighted by atomic mass is 10.1. The summed E-state index contributed by atoms with van der Waals surface area (Å²) in [5, 5.41) is 12.0. The lowest BCUT2D eigenvalue weighted by Crippen LogP contribution is -2.23. The third kappa shape index (κ3) is 3.17. The standard InChI is InChI=1S/C16H13ClN4O2S/c1-8-5-6-9(7-11(8)17)18-16(24)19-12-4-2-3-10-13(12)15(23)21-20-14(10)22/h2-7H,1H3,(H,20,22)(H,21,23)(H2,18,19,24). The largest absolute Gasteiger partial charge is 0.332 e. The normalized spacial score (nSPS) is 10.6. The van der Waals surface area contributed by atoms with Crippen LogP contribution in [0.2, 0.25) is 5.02 Å². The molecular weight excluding hydrogens is 348 g/mol. The molecule has 24 heavy (non-hydrogen) atoms. The van der Waals surface area contributed by atoms with Crippen molar-refractivity contribution >= 4 is 51.1 Å². The van der Waals surface area contributed by atoms with Gasteiger partial charge in [-0.25, -0.2) is 0 Å². The van der Waals surface area contributed by atoms with Gasteiger partial charge in [0.1, 0.15) is 0 Å². The number of anilines is 2. The summed E-state index contributed by atoms with van der Waals surface area (Å²) in [5.74, 6) is 0. The van der Waals surface area contributed by atoms with E-state index < -0.39 is 5.56 Å². The summed E-state index contributed by atoms with van der Waals surface area (Å²) in [5.41, 5.74) is 1.33. The predicted octanol–water partition coefficient (Wildman–Crippen LogP) is 2.99. The van der Waals surface area contributed by atoms with Crippen LogP contribution in [0.4, 0.5) is 11.4 Å². The molecule has 0 aliphatic carbocycles. The molecule has 0 spiro atoms. The second-order valence-electron chi connectivity index (χ2n) is 5.18. The SMILES string of the molecule is Cc1ccc(NC(=S)Nc2cccc3c(=O)[nH][nH]c(=O)c23)cc1Cl. The summed E-state index contributed by atoms with van der Waals surface area (Å²) < 4.78 is 0. The number of aromatic amines is 2. The lowest BCUT2D eigenvalue weighted by Gasteiger charge is -2.12. The first kappa shape index (κ1) is 16.2. The maximum absolute atomic E-state index is 12.0. The molecule has 122 valence electrons. The molecule has 0 aliphatic heterocycles. The topological polar surface area (TPSA) is 89.8 Å². The van der Waals surface area contributed by atoms with E-state index in [4.69, 9.17) is 23.8 Å². The zero-order valence-electron chi connectivity index (χ0n) is 12.6. The molecule has 1 aromatic heterocycles. The molecule has 3 rings (SSSR count). The molecule has 0 amide bonds. The van der Waals surface area contributed by atoms with Crippen molar-refractivity contribution in [3.63, 3.8) is 0 Å². The highest BCUT2D eigenvalue weighted by Crippen LogP contribution is 2.21. The maximum atomic E-state index is 12.0. The number of benzene rings is 2. The van der Waals surface area contributed by atoms with Crippen molar-refractivity contribution < 1.29 is 0 Å². The smallest absolute Gasteiger partial charge is 0.272 e. The Bertz CT molecular complexity index is 1060. The van der Waals surface area contributed by atoms with E-state index in [1.807, 2.05) is 19.1 Å². The molecular formula is C16H13ClN4O2S. The van der Waals surface area contributed by atoms with E-state index in [9.17, 15) is 9.59 Å². The number of hydrogen-bond donors (Lipinski definition) is 4. The molecule has 6 nitrogen and oxygen atoms in total. The molecule has 0 saturated carbocycles. The minimum Gasteiger partial charge on any atom is -0.332 e. The van der Waals surface area contributed by atoms with Crippen molar-refractivity contribution in [2.24, 2.45) is 0 Å². The van der Waals surface area contributed by atoms with Crippen LogP contribution < -0.4 is 21.8 Å². The third-order valence-corrected chi connectivity index (χ3v) is 4.11. The van der Waals surface area contributed by atoms with Crippen molar-refractivity contribution in [3.05, 3.63) is 67.7 Å². The van der Waals surface area contributed by atoms with Crippen LogP contribution in [0.15, 0.2) is 46.0 Å². The highest BCUT2D eigenvalue weighted by atomic mass is 35.5. The van der Waals surface area contributed by atoms with Gasteiger partial charge in [0.2, 0.25) is 0 Å². The van der Waals surface area contributed by atoms with Gasteiger partial charge in [-0.05, 0) is 49.0 Å². The second-order valence-corrected chi connectivity index (χ2v) is 5.99. The van der Waals surface area contributed by atoms with Gasteiger partial charge in [0.15, 0.2) is 5.11 Å². The number of fused-ring (bicyclic) bond motifs is 1. The monoisotopic (exact) mass is 360 g/mol. The second kappa shape index (κ2) is 6.46. The Labute approximate surface area is 146 Å². The van der Waals surface area contributed by atoms with Crippen LogP contribution in [0.25, 0.3) is 10.8 Å². The molecule has 0 fully saturated rings. The van der Waals surface area contributed by atoms with Gasteiger partial charge >= 0.3 is 0 Å². The average Bonchev–Trinajstić information content (AvgIpc) is 2.54. The van der Waals surface area contributed by atoms with Crippen molar-refractivity contribution in [1.29, 1.82) is 0 Å². The first-order valence-electron chi connectivity index (χ1n) is 7.03. The van der Waals surface area contributed by atoms with Crippen molar-refractivity contribution in [1.82, 2.24) is 10.2 Å². The number of hydrogen-bond acceptors (Lipinski definition) is 3. The number of halogens is 1. The summed E-state index contributed by atoms with van der Waals surface area (Å²) in [6.45, 7) is 1.91. The van der Waals surface area contributed by atoms with E-state index in [0.717, 1.165) is 11.3 Å². The Morgan fingerprint density at radius 1 is 1.08 bits per heavy atom. The van der Waals surface area contributed by atoms with Crippen LogP contribution in [0.5, 0.6) is 0 Å². The zero-order valence-corrected chi connectivity index (χ0v) is 14.1. The summed E-state index contributed by atoms with van der Waals surface area (Å²) >= 11 is 11.4. The van der Waals surface area contributed by atoms with Gasteiger partial charge in [-0.15, -0.1) is 0 Å². The predicted molar refractivity (Wildman–Crippen MR) is 101 cm³/mol. The average molecular weight is 361 g/mol. The minimum atomic E-state index is -0.408. The first-order chi connectivity index (χ1) is 11.5. The van der Waals surface area contributed by atoms with Gasteiger partial charge in [0.25, 0.3) is 11.1 Å². The molecule has 0 aliphatic rings. The molecule has 0 bridgehead atoms. The van der Waals surface area contributed by atoms with Gasteiger partial charge in [0.05, 0.1) is 16.5 Å². The first-order valence-corrected chi connectivity index (χ1v) is 7.82. The van der Waals surface area contributed by atoms with Crippen LogP contribution in [0, 0.1) is 6.92 Å². The van der Waals surface area contributed by atoms with E-state index in [2.05, 4.69) is 20.8 Å². The molecule has 0 radical (unpaired) electrons. The number of H-pyrrole nitrogens is 2. The highest BCUT2D eigenvalue weighted by Gasteiger charge is 2.09. The van der Waals surface area contributed by atoms with Crippen LogP contribution in [-0.2, 0) is 0 Å². The fraction of sp³-hybridized carbons (Fsp3) is 0.0625. The molecule has 2 aromatic carbocycles. The fourth-order valence-corrected chi connectivity index (χ4v) is 2.70. The van der Waals surface area contributed by atoms with E-state index in [-0.39, 0.29) is 21.4 Å². The number of rotatable bonds is 2. The highest BCUT2D eigenvalue weighted by molar-refractivity contribution is 7.80. The maximum Gasteiger partial charge on any atom is 0.272 e. The quantitative estimate of drug-likeness (QED) is 0.527. The number of aromatic nitrogens is 2. The Morgan fingerprint density at radius 2 is 1.83 bits per heavy atom. The summed E-state index contributed by atoms with van der Waals surface area (Å²) in [7, 11) is 0. The van der Waals surface area contributed by atoms with Crippen LogP contribution >= 0.6 is 23.8 Å². The van der Waals surface area contributed by atoms with E-state index in [1.54, 1.807) is 24.3 Å². The fourth-order valence-electron chi connectivity index (χ4n) is 2.29. The van der Waals surface area contributed by atoms with Gasteiger partial charge < -0.3 is 10.6 Å². The van der Waals surface area contributed by atoms with Crippen LogP contribution in [0.3, 0.4) is 0 Å². The third-order valence-electron chi connectivity index (χ3n) is 3.50. The Hall–Kier alpha value is -2.64. The summed E-state index contributed by atoms with van der Waals surface area (Å²) in [6, 6.07) is 10.4. The summed E-state index contributed by atoms with van der Waals surface area (Å²) in [6.07, 6.45) is 0. The molecule has 0 atom stereocenters. The number of nitrogens with one attached hydrogen (secondary N) is 4. The van der Waals surface area contributed by atoms with Gasteiger partial charge in [-0.1, -0.05) is 23.7 Å². The molecule has 3 aromatic rings. The zero-order chi connectivity index (χ0) is 17.3. The van der Waals surface area contributed by atoms with Crippen molar-refractivity contribution in [3.8, 4) is 0 Å². The van der Waals surface area contributed by atoms with Gasteiger partial charge in [0, 0.05) is 10.7 Å². The number of thiocarbonyl (C=S) groups is 1. The van der Waals surface area contributed by atoms with Crippen molar-refractivity contribution in [2.75, 3.05) is 10.6 Å². The van der Waals surface area contributed by atoms with E-state index in [0.29, 0.717) is 10.7 Å². The van der Waals surface area contributed by atoms with Gasteiger partial charge in [-0.2, -0.15) is 0 Å². The van der Waals surface area contributed by atoms with Crippen molar-refractivity contribution in [2.45, 2.75) is 6.92 Å². The number of aryl methyl sites for hydroxylation is 1. The van der Waals surface area contributed by atoms with E-state index in [1.165, 1.54) is 0 Å². The van der Waals surface area contributed by atoms with Crippen LogP contribution in [0.1, 0.15) is 5.56 Å². The van der Waals surface area contributed by atoms with Crippen LogP contribution in [-0.4, -0.2) is 15.3 Å². The lowest BCUT2D eigenvalue weighted by molar-refractivity contribution is 0.977. The Morgan fingerprint density at radius 3 is 2.58 bits per heavy atom.